The van der Waals surface area contributed by atoms with Gasteiger partial charge in [-0.3, -0.25) is 0 Å². The molecule has 1 aromatic carbocycles. The van der Waals surface area contributed by atoms with E-state index in [9.17, 15) is 0 Å². The molecule has 188 valence electrons. The summed E-state index contributed by atoms with van der Waals surface area (Å²) in [6, 6.07) is 8.13. The minimum atomic E-state index is 0.126. The van der Waals surface area contributed by atoms with E-state index >= 15 is 0 Å². The topological polar surface area (TPSA) is 51.9 Å². The van der Waals surface area contributed by atoms with E-state index in [0.717, 1.165) is 47.1 Å². The Bertz CT molecular complexity index is 1130. The molecule has 4 nitrogen and oxygen atoms in total. The lowest BCUT2D eigenvalue weighted by molar-refractivity contribution is 0.503. The van der Waals surface area contributed by atoms with E-state index in [1.54, 1.807) is 0 Å². The molecule has 0 aliphatic heterocycles. The molecular weight excluding hydrogens is 428 g/mol. The molecule has 0 aliphatic carbocycles. The van der Waals surface area contributed by atoms with E-state index in [1.165, 1.54) is 28.0 Å². The van der Waals surface area contributed by atoms with Crippen LogP contribution in [0.15, 0.2) is 78.8 Å². The SMILES string of the molecule is C=C(C)CCc1c(C)[nH]c(C(=C)Nc2ccc(NC(=C)NC(=C/C)/C=C(\C)C(C)(C)C)cc2)c1C. The number of allylic oxidation sites excluding steroid dienone is 4. The van der Waals surface area contributed by atoms with Crippen molar-refractivity contribution < 1.29 is 0 Å². The lowest BCUT2D eigenvalue weighted by Gasteiger charge is -2.21. The predicted octanol–water partition coefficient (Wildman–Crippen LogP) is 8.59. The maximum atomic E-state index is 4.27. The van der Waals surface area contributed by atoms with Crippen LogP contribution in [0.5, 0.6) is 0 Å². The minimum absolute atomic E-state index is 0.126. The summed E-state index contributed by atoms with van der Waals surface area (Å²) in [7, 11) is 0. The number of anilines is 2. The van der Waals surface area contributed by atoms with Crippen LogP contribution in [0.1, 0.15) is 70.5 Å². The smallest absolute Gasteiger partial charge is 0.100 e. The van der Waals surface area contributed by atoms with Crippen molar-refractivity contribution in [3.63, 3.8) is 0 Å². The van der Waals surface area contributed by atoms with Crippen LogP contribution in [-0.2, 0) is 6.42 Å². The molecule has 2 rings (SSSR count). The van der Waals surface area contributed by atoms with Crippen molar-refractivity contribution >= 4 is 17.1 Å². The number of hydrogen-bond acceptors (Lipinski definition) is 3. The molecule has 0 saturated heterocycles. The molecule has 2 aromatic rings. The van der Waals surface area contributed by atoms with Gasteiger partial charge in [-0.25, -0.2) is 0 Å². The fourth-order valence-corrected chi connectivity index (χ4v) is 3.70. The molecule has 0 saturated carbocycles. The number of hydrogen-bond donors (Lipinski definition) is 4. The van der Waals surface area contributed by atoms with Gasteiger partial charge >= 0.3 is 0 Å². The first kappa shape index (κ1) is 27.8. The van der Waals surface area contributed by atoms with Crippen molar-refractivity contribution in [1.29, 1.82) is 0 Å². The monoisotopic (exact) mass is 472 g/mol. The van der Waals surface area contributed by atoms with Crippen LogP contribution < -0.4 is 16.0 Å². The standard InChI is InChI=1S/C31H44N4/c1-12-26(19-21(4)31(9,10)11)34-25(8)35-28-16-14-27(15-17-28)32-24(7)30-22(5)29(23(6)33-30)18-13-20(2)3/h12,14-17,19,32-35H,2,7-8,13,18H2,1,3-6,9-11H3/b21-19+,26-12+. The Morgan fingerprint density at radius 3 is 2.06 bits per heavy atom. The molecule has 4 heteroatoms. The Kier molecular flexibility index (Phi) is 9.41. The van der Waals surface area contributed by atoms with E-state index in [4.69, 9.17) is 0 Å². The highest BCUT2D eigenvalue weighted by atomic mass is 15.1. The van der Waals surface area contributed by atoms with Gasteiger partial charge in [-0.05, 0) is 94.3 Å². The molecule has 0 unspecified atom stereocenters. The lowest BCUT2D eigenvalue weighted by atomic mass is 9.87. The zero-order valence-electron chi connectivity index (χ0n) is 23.0. The quantitative estimate of drug-likeness (QED) is 0.196. The number of rotatable bonds is 11. The zero-order valence-corrected chi connectivity index (χ0v) is 23.0. The summed E-state index contributed by atoms with van der Waals surface area (Å²) in [6.07, 6.45) is 6.21. The highest BCUT2D eigenvalue weighted by molar-refractivity contribution is 5.76. The fraction of sp³-hybridized carbons (Fsp3) is 0.355. The van der Waals surface area contributed by atoms with Crippen LogP contribution in [0.4, 0.5) is 11.4 Å². The van der Waals surface area contributed by atoms with Gasteiger partial charge in [0.15, 0.2) is 0 Å². The van der Waals surface area contributed by atoms with E-state index < -0.39 is 0 Å². The molecule has 0 spiro atoms. The number of H-pyrrole nitrogens is 1. The number of aromatic nitrogens is 1. The molecule has 35 heavy (non-hydrogen) atoms. The molecular formula is C31H44N4. The van der Waals surface area contributed by atoms with E-state index in [2.05, 4.69) is 101 Å². The van der Waals surface area contributed by atoms with Crippen molar-refractivity contribution in [3.05, 3.63) is 101 Å². The summed E-state index contributed by atoms with van der Waals surface area (Å²) in [5.74, 6) is 0.723. The largest absolute Gasteiger partial charge is 0.357 e. The molecule has 1 aromatic heterocycles. The second-order valence-electron chi connectivity index (χ2n) is 10.4. The third kappa shape index (κ3) is 8.10. The average Bonchev–Trinajstić information content (AvgIpc) is 3.05. The molecule has 0 aliphatic rings. The van der Waals surface area contributed by atoms with Crippen molar-refractivity contribution in [1.82, 2.24) is 10.3 Å². The third-order valence-electron chi connectivity index (χ3n) is 6.33. The fourth-order valence-electron chi connectivity index (χ4n) is 3.70. The van der Waals surface area contributed by atoms with Crippen LogP contribution in [0, 0.1) is 19.3 Å². The second kappa shape index (κ2) is 11.8. The number of aromatic amines is 1. The molecule has 0 amide bonds. The molecule has 1 heterocycles. The third-order valence-corrected chi connectivity index (χ3v) is 6.33. The van der Waals surface area contributed by atoms with Gasteiger partial charge in [-0.15, -0.1) is 6.58 Å². The normalized spacial score (nSPS) is 12.3. The lowest BCUT2D eigenvalue weighted by Crippen LogP contribution is -2.18. The van der Waals surface area contributed by atoms with Crippen LogP contribution in [0.25, 0.3) is 5.70 Å². The summed E-state index contributed by atoms with van der Waals surface area (Å²) in [6.45, 7) is 29.6. The maximum absolute atomic E-state index is 4.27. The van der Waals surface area contributed by atoms with Crippen molar-refractivity contribution in [2.75, 3.05) is 10.6 Å². The first-order valence-corrected chi connectivity index (χ1v) is 12.3. The van der Waals surface area contributed by atoms with Gasteiger partial charge in [0.1, 0.15) is 5.82 Å². The van der Waals surface area contributed by atoms with Crippen molar-refractivity contribution in [3.8, 4) is 0 Å². The highest BCUT2D eigenvalue weighted by Crippen LogP contribution is 2.27. The first-order valence-electron chi connectivity index (χ1n) is 12.3. The summed E-state index contributed by atoms with van der Waals surface area (Å²) >= 11 is 0. The van der Waals surface area contributed by atoms with Gasteiger partial charge in [-0.2, -0.15) is 0 Å². The number of benzene rings is 1. The van der Waals surface area contributed by atoms with Gasteiger partial charge in [0.05, 0.1) is 11.4 Å². The molecule has 0 fully saturated rings. The van der Waals surface area contributed by atoms with Gasteiger partial charge in [0.25, 0.3) is 0 Å². The first-order chi connectivity index (χ1) is 16.3. The van der Waals surface area contributed by atoms with E-state index in [-0.39, 0.29) is 5.41 Å². The Hall–Kier alpha value is -3.40. The molecule has 0 bridgehead atoms. The van der Waals surface area contributed by atoms with Crippen molar-refractivity contribution in [2.24, 2.45) is 5.41 Å². The van der Waals surface area contributed by atoms with Gasteiger partial charge < -0.3 is 20.9 Å². The molecule has 0 atom stereocenters. The molecule has 4 N–H and O–H groups in total. The number of aryl methyl sites for hydroxylation is 1. The van der Waals surface area contributed by atoms with E-state index in [1.807, 2.05) is 31.2 Å². The Balaban J connectivity index is 2.01. The summed E-state index contributed by atoms with van der Waals surface area (Å²) in [5, 5.41) is 10.1. The van der Waals surface area contributed by atoms with E-state index in [0.29, 0.717) is 0 Å². The van der Waals surface area contributed by atoms with Crippen molar-refractivity contribution in [2.45, 2.75) is 68.2 Å². The Morgan fingerprint density at radius 1 is 0.971 bits per heavy atom. The maximum Gasteiger partial charge on any atom is 0.100 e. The summed E-state index contributed by atoms with van der Waals surface area (Å²) in [4.78, 5) is 3.51. The summed E-state index contributed by atoms with van der Waals surface area (Å²) in [5.41, 5.74) is 11.3. The highest BCUT2D eigenvalue weighted by Gasteiger charge is 2.14. The predicted molar refractivity (Wildman–Crippen MR) is 155 cm³/mol. The van der Waals surface area contributed by atoms with Gasteiger partial charge in [0, 0.05) is 22.8 Å². The Labute approximate surface area is 213 Å². The van der Waals surface area contributed by atoms with Crippen LogP contribution >= 0.6 is 0 Å². The average molecular weight is 473 g/mol. The minimum Gasteiger partial charge on any atom is -0.357 e. The van der Waals surface area contributed by atoms with Crippen LogP contribution in [-0.4, -0.2) is 4.98 Å². The van der Waals surface area contributed by atoms with Gasteiger partial charge in [0.2, 0.25) is 0 Å². The van der Waals surface area contributed by atoms with Gasteiger partial charge in [-0.1, -0.05) is 51.2 Å². The van der Waals surface area contributed by atoms with Crippen LogP contribution in [0.3, 0.4) is 0 Å². The second-order valence-corrected chi connectivity index (χ2v) is 10.4. The summed E-state index contributed by atoms with van der Waals surface area (Å²) < 4.78 is 0. The zero-order chi connectivity index (χ0) is 26.3. The number of nitrogens with one attached hydrogen (secondary N) is 4. The molecule has 0 radical (unpaired) electrons. The van der Waals surface area contributed by atoms with Crippen LogP contribution in [0.2, 0.25) is 0 Å². The Morgan fingerprint density at radius 2 is 1.54 bits per heavy atom.